The summed E-state index contributed by atoms with van der Waals surface area (Å²) in [7, 11) is 1.65. The van der Waals surface area contributed by atoms with E-state index in [1.165, 1.54) is 12.8 Å². The van der Waals surface area contributed by atoms with Gasteiger partial charge in [-0.1, -0.05) is 0 Å². The van der Waals surface area contributed by atoms with E-state index < -0.39 is 0 Å². The number of hydrogen-bond donors (Lipinski definition) is 1. The highest BCUT2D eigenvalue weighted by molar-refractivity contribution is 5.55. The van der Waals surface area contributed by atoms with Gasteiger partial charge in [-0.2, -0.15) is 0 Å². The lowest BCUT2D eigenvalue weighted by Crippen LogP contribution is -2.43. The maximum atomic E-state index is 6.09. The van der Waals surface area contributed by atoms with Gasteiger partial charge in [0.15, 0.2) is 11.5 Å². The number of hydrogen-bond acceptors (Lipinski definition) is 5. The highest BCUT2D eigenvalue weighted by Gasteiger charge is 2.37. The van der Waals surface area contributed by atoms with E-state index in [1.54, 1.807) is 7.11 Å². The first kappa shape index (κ1) is 14.5. The molecule has 0 bridgehead atoms. The number of fused-ring (bicyclic) bond motifs is 1. The zero-order chi connectivity index (χ0) is 15.0. The minimum Gasteiger partial charge on any atom is -0.493 e. The topological polar surface area (TPSA) is 57.0 Å². The zero-order valence-electron chi connectivity index (χ0n) is 13.0. The lowest BCUT2D eigenvalue weighted by atomic mass is 9.97. The Labute approximate surface area is 126 Å². The summed E-state index contributed by atoms with van der Waals surface area (Å²) in [5, 5.41) is 0. The summed E-state index contributed by atoms with van der Waals surface area (Å²) in [6.07, 6.45) is 2.41. The molecule has 0 aliphatic carbocycles. The number of nitrogens with zero attached hydrogens (tertiary/aromatic N) is 1. The van der Waals surface area contributed by atoms with Crippen LogP contribution in [0.5, 0.6) is 17.2 Å². The normalized spacial score (nSPS) is 21.5. The molecule has 0 amide bonds. The lowest BCUT2D eigenvalue weighted by Gasteiger charge is -2.38. The molecule has 1 saturated heterocycles. The maximum absolute atomic E-state index is 6.09. The molecule has 21 heavy (non-hydrogen) atoms. The minimum atomic E-state index is 0.172. The standard InChI is InChI=1S/C16H24N2O3/c1-16(2)5-4-6-18(16)12(9-17)11-7-13(19-3)15-14(8-11)20-10-21-15/h7-8,12H,4-6,9-10,17H2,1-3H3. The summed E-state index contributed by atoms with van der Waals surface area (Å²) in [5.41, 5.74) is 7.40. The van der Waals surface area contributed by atoms with Crippen LogP contribution in [0.1, 0.15) is 38.3 Å². The van der Waals surface area contributed by atoms with Gasteiger partial charge in [-0.15, -0.1) is 0 Å². The summed E-state index contributed by atoms with van der Waals surface area (Å²) < 4.78 is 16.4. The van der Waals surface area contributed by atoms with Crippen molar-refractivity contribution < 1.29 is 14.2 Å². The summed E-state index contributed by atoms with van der Waals surface area (Å²) >= 11 is 0. The van der Waals surface area contributed by atoms with Crippen LogP contribution < -0.4 is 19.9 Å². The highest BCUT2D eigenvalue weighted by Crippen LogP contribution is 2.45. The Kier molecular flexibility index (Phi) is 3.71. The van der Waals surface area contributed by atoms with Crippen molar-refractivity contribution in [1.82, 2.24) is 4.90 Å². The van der Waals surface area contributed by atoms with Crippen molar-refractivity contribution in [3.63, 3.8) is 0 Å². The van der Waals surface area contributed by atoms with Crippen LogP contribution in [0.4, 0.5) is 0 Å². The van der Waals surface area contributed by atoms with E-state index in [-0.39, 0.29) is 18.4 Å². The van der Waals surface area contributed by atoms with Gasteiger partial charge in [0, 0.05) is 18.1 Å². The number of ether oxygens (including phenoxy) is 3. The average Bonchev–Trinajstić information content (AvgIpc) is 3.05. The largest absolute Gasteiger partial charge is 0.493 e. The molecule has 0 aromatic heterocycles. The molecule has 5 heteroatoms. The van der Waals surface area contributed by atoms with Crippen molar-refractivity contribution in [3.8, 4) is 17.2 Å². The van der Waals surface area contributed by atoms with Gasteiger partial charge >= 0.3 is 0 Å². The molecule has 1 unspecified atom stereocenters. The average molecular weight is 292 g/mol. The van der Waals surface area contributed by atoms with Crippen molar-refractivity contribution in [2.24, 2.45) is 5.73 Å². The highest BCUT2D eigenvalue weighted by atomic mass is 16.7. The van der Waals surface area contributed by atoms with Crippen LogP contribution in [0.2, 0.25) is 0 Å². The molecule has 0 spiro atoms. The predicted molar refractivity (Wildman–Crippen MR) is 80.9 cm³/mol. The van der Waals surface area contributed by atoms with Crippen LogP contribution in [0, 0.1) is 0 Å². The molecule has 1 atom stereocenters. The predicted octanol–water partition coefficient (Wildman–Crippen LogP) is 2.30. The van der Waals surface area contributed by atoms with Gasteiger partial charge in [0.05, 0.1) is 7.11 Å². The molecule has 1 aromatic rings. The van der Waals surface area contributed by atoms with Crippen molar-refractivity contribution in [3.05, 3.63) is 17.7 Å². The lowest BCUT2D eigenvalue weighted by molar-refractivity contribution is 0.119. The van der Waals surface area contributed by atoms with Crippen LogP contribution in [-0.2, 0) is 0 Å². The Morgan fingerprint density at radius 2 is 2.19 bits per heavy atom. The van der Waals surface area contributed by atoms with Gasteiger partial charge in [0.1, 0.15) is 0 Å². The molecular weight excluding hydrogens is 268 g/mol. The van der Waals surface area contributed by atoms with Gasteiger partial charge in [-0.25, -0.2) is 0 Å². The molecule has 1 fully saturated rings. The summed E-state index contributed by atoms with van der Waals surface area (Å²) in [4.78, 5) is 2.49. The van der Waals surface area contributed by atoms with E-state index in [1.807, 2.05) is 12.1 Å². The first-order valence-corrected chi connectivity index (χ1v) is 7.51. The Hall–Kier alpha value is -1.46. The Morgan fingerprint density at radius 3 is 2.81 bits per heavy atom. The molecule has 0 radical (unpaired) electrons. The number of likely N-dealkylation sites (tertiary alicyclic amines) is 1. The molecule has 0 saturated carbocycles. The number of rotatable bonds is 4. The summed E-state index contributed by atoms with van der Waals surface area (Å²) in [6, 6.07) is 4.24. The van der Waals surface area contributed by atoms with Gasteiger partial charge < -0.3 is 19.9 Å². The minimum absolute atomic E-state index is 0.172. The SMILES string of the molecule is COc1cc(C(CN)N2CCCC2(C)C)cc2c1OCO2. The van der Waals surface area contributed by atoms with Gasteiger partial charge in [-0.05, 0) is 50.9 Å². The van der Waals surface area contributed by atoms with Crippen molar-refractivity contribution in [2.45, 2.75) is 38.3 Å². The van der Waals surface area contributed by atoms with E-state index in [9.17, 15) is 0 Å². The van der Waals surface area contributed by atoms with Crippen LogP contribution >= 0.6 is 0 Å². The zero-order valence-corrected chi connectivity index (χ0v) is 13.0. The van der Waals surface area contributed by atoms with E-state index in [0.29, 0.717) is 12.3 Å². The van der Waals surface area contributed by atoms with Gasteiger partial charge in [0.25, 0.3) is 0 Å². The van der Waals surface area contributed by atoms with Crippen molar-refractivity contribution in [1.29, 1.82) is 0 Å². The fraction of sp³-hybridized carbons (Fsp3) is 0.625. The van der Waals surface area contributed by atoms with E-state index in [4.69, 9.17) is 19.9 Å². The molecule has 2 aliphatic heterocycles. The summed E-state index contributed by atoms with van der Waals surface area (Å²) in [6.45, 7) is 6.47. The van der Waals surface area contributed by atoms with Crippen LogP contribution in [0.15, 0.2) is 12.1 Å². The molecule has 1 aromatic carbocycles. The quantitative estimate of drug-likeness (QED) is 0.923. The smallest absolute Gasteiger partial charge is 0.231 e. The fourth-order valence-corrected chi connectivity index (χ4v) is 3.49. The molecule has 2 heterocycles. The second kappa shape index (κ2) is 5.39. The molecule has 2 aliphatic rings. The monoisotopic (exact) mass is 292 g/mol. The number of methoxy groups -OCH3 is 1. The van der Waals surface area contributed by atoms with Crippen LogP contribution in [-0.4, -0.2) is 37.4 Å². The fourth-order valence-electron chi connectivity index (χ4n) is 3.49. The molecule has 3 rings (SSSR count). The van der Waals surface area contributed by atoms with Gasteiger partial charge in [0.2, 0.25) is 12.5 Å². The van der Waals surface area contributed by atoms with Crippen LogP contribution in [0.3, 0.4) is 0 Å². The second-order valence-corrected chi connectivity index (χ2v) is 6.32. The second-order valence-electron chi connectivity index (χ2n) is 6.32. The maximum Gasteiger partial charge on any atom is 0.231 e. The first-order chi connectivity index (χ1) is 10.1. The Balaban J connectivity index is 1.98. The summed E-state index contributed by atoms with van der Waals surface area (Å²) in [5.74, 6) is 2.16. The number of benzene rings is 1. The first-order valence-electron chi connectivity index (χ1n) is 7.51. The molecule has 5 nitrogen and oxygen atoms in total. The number of nitrogens with two attached hydrogens (primary N) is 1. The van der Waals surface area contributed by atoms with Crippen molar-refractivity contribution in [2.75, 3.05) is 27.0 Å². The molecule has 116 valence electrons. The third-order valence-corrected chi connectivity index (χ3v) is 4.63. The third kappa shape index (κ3) is 2.45. The Bertz CT molecular complexity index is 530. The van der Waals surface area contributed by atoms with Gasteiger partial charge in [-0.3, -0.25) is 4.90 Å². The van der Waals surface area contributed by atoms with E-state index in [2.05, 4.69) is 18.7 Å². The van der Waals surface area contributed by atoms with Crippen molar-refractivity contribution >= 4 is 0 Å². The molecule has 2 N–H and O–H groups in total. The van der Waals surface area contributed by atoms with Crippen LogP contribution in [0.25, 0.3) is 0 Å². The Morgan fingerprint density at radius 1 is 1.38 bits per heavy atom. The van der Waals surface area contributed by atoms with E-state index in [0.717, 1.165) is 23.6 Å². The third-order valence-electron chi connectivity index (χ3n) is 4.63. The van der Waals surface area contributed by atoms with E-state index >= 15 is 0 Å². The molecular formula is C16H24N2O3.